The van der Waals surface area contributed by atoms with Gasteiger partial charge in [0.25, 0.3) is 0 Å². The topological polar surface area (TPSA) is 58.2 Å². The quantitative estimate of drug-likeness (QED) is 0.788. The van der Waals surface area contributed by atoms with Gasteiger partial charge in [0.05, 0.1) is 5.41 Å². The third-order valence-corrected chi connectivity index (χ3v) is 4.88. The third kappa shape index (κ3) is 3.73. The molecule has 1 saturated carbocycles. The number of anilines is 2. The van der Waals surface area contributed by atoms with Crippen molar-refractivity contribution in [3.05, 3.63) is 24.3 Å². The van der Waals surface area contributed by atoms with Gasteiger partial charge in [-0.15, -0.1) is 23.2 Å². The molecule has 1 aromatic rings. The van der Waals surface area contributed by atoms with Gasteiger partial charge < -0.3 is 10.6 Å². The SMILES string of the molecule is CC(C)CC(=O)Nc1ccc(NC(=O)C2(C)CC2(Cl)Cl)cc1. The minimum atomic E-state index is -0.984. The molecular weight excluding hydrogens is 323 g/mol. The first kappa shape index (κ1) is 17.1. The van der Waals surface area contributed by atoms with Crippen LogP contribution in [0, 0.1) is 11.3 Å². The van der Waals surface area contributed by atoms with Gasteiger partial charge in [-0.05, 0) is 43.5 Å². The smallest absolute Gasteiger partial charge is 0.233 e. The summed E-state index contributed by atoms with van der Waals surface area (Å²) in [5.41, 5.74) is 0.592. The first-order valence-corrected chi connectivity index (χ1v) is 7.99. The predicted molar refractivity (Wildman–Crippen MR) is 90.3 cm³/mol. The van der Waals surface area contributed by atoms with E-state index in [2.05, 4.69) is 10.6 Å². The van der Waals surface area contributed by atoms with Gasteiger partial charge in [-0.2, -0.15) is 0 Å². The van der Waals surface area contributed by atoms with Crippen LogP contribution in [0.2, 0.25) is 0 Å². The Kier molecular flexibility index (Phi) is 4.73. The Morgan fingerprint density at radius 1 is 1.14 bits per heavy atom. The van der Waals surface area contributed by atoms with Crippen molar-refractivity contribution in [3.8, 4) is 0 Å². The second-order valence-corrected chi connectivity index (χ2v) is 7.87. The maximum absolute atomic E-state index is 12.1. The van der Waals surface area contributed by atoms with Crippen molar-refractivity contribution in [2.24, 2.45) is 11.3 Å². The number of carbonyl (C=O) groups is 2. The van der Waals surface area contributed by atoms with E-state index >= 15 is 0 Å². The standard InChI is InChI=1S/C16H20Cl2N2O2/c1-10(2)8-13(21)19-11-4-6-12(7-5-11)20-14(22)15(3)9-16(15,17)18/h4-7,10H,8-9H2,1-3H3,(H,19,21)(H,20,22). The minimum Gasteiger partial charge on any atom is -0.326 e. The van der Waals surface area contributed by atoms with Crippen LogP contribution in [0.5, 0.6) is 0 Å². The molecule has 4 nitrogen and oxygen atoms in total. The van der Waals surface area contributed by atoms with Crippen LogP contribution in [0.25, 0.3) is 0 Å². The molecule has 1 fully saturated rings. The van der Waals surface area contributed by atoms with Crippen molar-refractivity contribution in [2.75, 3.05) is 10.6 Å². The molecule has 0 spiro atoms. The molecule has 1 atom stereocenters. The lowest BCUT2D eigenvalue weighted by Gasteiger charge is -2.13. The van der Waals surface area contributed by atoms with E-state index in [4.69, 9.17) is 23.2 Å². The van der Waals surface area contributed by atoms with Gasteiger partial charge in [-0.3, -0.25) is 9.59 Å². The molecule has 0 aliphatic heterocycles. The van der Waals surface area contributed by atoms with Crippen LogP contribution >= 0.6 is 23.2 Å². The molecule has 1 aliphatic rings. The lowest BCUT2D eigenvalue weighted by atomic mass is 10.1. The van der Waals surface area contributed by atoms with Crippen LogP contribution in [-0.2, 0) is 9.59 Å². The van der Waals surface area contributed by atoms with Gasteiger partial charge in [-0.1, -0.05) is 13.8 Å². The Hall–Kier alpha value is -1.26. The number of hydrogen-bond acceptors (Lipinski definition) is 2. The Labute approximate surface area is 140 Å². The largest absolute Gasteiger partial charge is 0.326 e. The highest BCUT2D eigenvalue weighted by atomic mass is 35.5. The highest BCUT2D eigenvalue weighted by molar-refractivity contribution is 6.53. The Bertz CT molecular complexity index is 584. The van der Waals surface area contributed by atoms with Crippen molar-refractivity contribution in [1.82, 2.24) is 0 Å². The molecule has 0 radical (unpaired) electrons. The van der Waals surface area contributed by atoms with E-state index in [1.54, 1.807) is 31.2 Å². The van der Waals surface area contributed by atoms with Crippen LogP contribution in [-0.4, -0.2) is 16.1 Å². The van der Waals surface area contributed by atoms with Crippen LogP contribution in [0.4, 0.5) is 11.4 Å². The van der Waals surface area contributed by atoms with Gasteiger partial charge in [0.2, 0.25) is 11.8 Å². The number of nitrogens with one attached hydrogen (secondary N) is 2. The van der Waals surface area contributed by atoms with Crippen LogP contribution in [0.15, 0.2) is 24.3 Å². The van der Waals surface area contributed by atoms with Gasteiger partial charge in [0.15, 0.2) is 0 Å². The summed E-state index contributed by atoms with van der Waals surface area (Å²) in [6.45, 7) is 5.72. The minimum absolute atomic E-state index is 0.0219. The number of benzene rings is 1. The van der Waals surface area contributed by atoms with E-state index in [1.165, 1.54) is 0 Å². The number of carbonyl (C=O) groups excluding carboxylic acids is 2. The van der Waals surface area contributed by atoms with Gasteiger partial charge in [0.1, 0.15) is 4.33 Å². The van der Waals surface area contributed by atoms with Crippen molar-refractivity contribution in [3.63, 3.8) is 0 Å². The Balaban J connectivity index is 1.93. The maximum atomic E-state index is 12.1. The maximum Gasteiger partial charge on any atom is 0.233 e. The zero-order valence-corrected chi connectivity index (χ0v) is 14.4. The summed E-state index contributed by atoms with van der Waals surface area (Å²) in [7, 11) is 0. The van der Waals surface area contributed by atoms with E-state index in [1.807, 2.05) is 13.8 Å². The number of hydrogen-bond donors (Lipinski definition) is 2. The van der Waals surface area contributed by atoms with Crippen molar-refractivity contribution >= 4 is 46.4 Å². The number of rotatable bonds is 5. The fourth-order valence-electron chi connectivity index (χ4n) is 2.13. The molecule has 0 bridgehead atoms. The monoisotopic (exact) mass is 342 g/mol. The van der Waals surface area contributed by atoms with E-state index < -0.39 is 9.75 Å². The summed E-state index contributed by atoms with van der Waals surface area (Å²) >= 11 is 12.0. The summed E-state index contributed by atoms with van der Waals surface area (Å²) < 4.78 is -0.984. The van der Waals surface area contributed by atoms with Crippen LogP contribution in [0.3, 0.4) is 0 Å². The second kappa shape index (κ2) is 6.09. The molecule has 2 N–H and O–H groups in total. The normalized spacial score (nSPS) is 22.3. The van der Waals surface area contributed by atoms with E-state index in [0.29, 0.717) is 30.1 Å². The summed E-state index contributed by atoms with van der Waals surface area (Å²) in [5, 5.41) is 5.61. The number of halogens is 2. The molecule has 6 heteroatoms. The first-order valence-electron chi connectivity index (χ1n) is 7.23. The molecule has 1 aliphatic carbocycles. The molecule has 1 unspecified atom stereocenters. The molecule has 2 rings (SSSR count). The summed E-state index contributed by atoms with van der Waals surface area (Å²) in [6, 6.07) is 6.97. The van der Waals surface area contributed by atoms with Crippen molar-refractivity contribution in [2.45, 2.75) is 37.9 Å². The average Bonchev–Trinajstić information content (AvgIpc) is 2.91. The third-order valence-electron chi connectivity index (χ3n) is 3.78. The molecule has 1 aromatic carbocycles. The molecule has 0 saturated heterocycles. The summed E-state index contributed by atoms with van der Waals surface area (Å²) in [5.74, 6) is 0.0876. The highest BCUT2D eigenvalue weighted by Crippen LogP contribution is 2.64. The van der Waals surface area contributed by atoms with E-state index in [0.717, 1.165) is 0 Å². The molecule has 0 heterocycles. The van der Waals surface area contributed by atoms with Gasteiger partial charge in [0, 0.05) is 17.8 Å². The molecular formula is C16H20Cl2N2O2. The van der Waals surface area contributed by atoms with Crippen LogP contribution in [0.1, 0.15) is 33.6 Å². The zero-order chi connectivity index (χ0) is 16.5. The average molecular weight is 343 g/mol. The van der Waals surface area contributed by atoms with Crippen molar-refractivity contribution < 1.29 is 9.59 Å². The molecule has 22 heavy (non-hydrogen) atoms. The lowest BCUT2D eigenvalue weighted by Crippen LogP contribution is -2.25. The summed E-state index contributed by atoms with van der Waals surface area (Å²) in [6.07, 6.45) is 0.919. The second-order valence-electron chi connectivity index (χ2n) is 6.39. The predicted octanol–water partition coefficient (Wildman–Crippen LogP) is 4.19. The zero-order valence-electron chi connectivity index (χ0n) is 12.9. The first-order chi connectivity index (χ1) is 10.1. The molecule has 0 aromatic heterocycles. The van der Waals surface area contributed by atoms with E-state index in [-0.39, 0.29) is 11.8 Å². The lowest BCUT2D eigenvalue weighted by molar-refractivity contribution is -0.120. The van der Waals surface area contributed by atoms with Crippen LogP contribution < -0.4 is 10.6 Å². The van der Waals surface area contributed by atoms with Gasteiger partial charge in [-0.25, -0.2) is 0 Å². The van der Waals surface area contributed by atoms with E-state index in [9.17, 15) is 9.59 Å². The molecule has 120 valence electrons. The fraction of sp³-hybridized carbons (Fsp3) is 0.500. The van der Waals surface area contributed by atoms with Crippen molar-refractivity contribution in [1.29, 1.82) is 0 Å². The molecule has 2 amide bonds. The Morgan fingerprint density at radius 2 is 1.59 bits per heavy atom. The Morgan fingerprint density at radius 3 is 2.00 bits per heavy atom. The van der Waals surface area contributed by atoms with Gasteiger partial charge >= 0.3 is 0 Å². The summed E-state index contributed by atoms with van der Waals surface area (Å²) in [4.78, 5) is 23.8. The highest BCUT2D eigenvalue weighted by Gasteiger charge is 2.67. The fourth-order valence-corrected chi connectivity index (χ4v) is 2.84. The number of amides is 2. The number of alkyl halides is 2.